The van der Waals surface area contributed by atoms with Gasteiger partial charge < -0.3 is 25.5 Å². The van der Waals surface area contributed by atoms with Crippen LogP contribution in [0.1, 0.15) is 16.8 Å². The lowest BCUT2D eigenvalue weighted by molar-refractivity contribution is -0.142. The molecule has 1 unspecified atom stereocenters. The fourth-order valence-electron chi connectivity index (χ4n) is 3.05. The molecule has 0 aliphatic rings. The SMILES string of the molecule is O=C(NC(Cc1ccccc1)C(=O)N[C@@H](Cc1cnc[nH]1)C(=O)O)OCc1ccccc1. The molecule has 0 aliphatic carbocycles. The quantitative estimate of drug-likeness (QED) is 0.384. The predicted octanol–water partition coefficient (Wildman–Crippen LogP) is 2.06. The number of alkyl carbamates (subject to hydrolysis) is 1. The third-order valence-corrected chi connectivity index (χ3v) is 4.70. The summed E-state index contributed by atoms with van der Waals surface area (Å²) in [6.45, 7) is 0.0456. The standard InChI is InChI=1S/C23H24N4O5/c28-21(26-20(22(29)30)12-18-13-24-15-25-18)19(11-16-7-3-1-4-8-16)27-23(31)32-14-17-9-5-2-6-10-17/h1-10,13,15,19-20H,11-12,14H2,(H,24,25)(H,26,28)(H,27,31)(H,29,30)/t19?,20-/m0/s1. The number of nitrogens with one attached hydrogen (secondary N) is 3. The second-order valence-electron chi connectivity index (χ2n) is 7.13. The summed E-state index contributed by atoms with van der Waals surface area (Å²) in [5.74, 6) is -1.82. The maximum atomic E-state index is 12.9. The van der Waals surface area contributed by atoms with Gasteiger partial charge in [0, 0.05) is 24.7 Å². The number of carboxylic acids is 1. The van der Waals surface area contributed by atoms with E-state index in [4.69, 9.17) is 4.74 Å². The molecule has 1 aromatic heterocycles. The number of aromatic amines is 1. The maximum absolute atomic E-state index is 12.9. The van der Waals surface area contributed by atoms with Gasteiger partial charge in [-0.15, -0.1) is 0 Å². The van der Waals surface area contributed by atoms with Crippen molar-refractivity contribution in [2.75, 3.05) is 0 Å². The number of aromatic nitrogens is 2. The Morgan fingerprint density at radius 2 is 1.56 bits per heavy atom. The Balaban J connectivity index is 1.67. The zero-order valence-electron chi connectivity index (χ0n) is 17.2. The Bertz CT molecular complexity index is 1010. The maximum Gasteiger partial charge on any atom is 0.408 e. The number of carbonyl (C=O) groups is 3. The van der Waals surface area contributed by atoms with E-state index in [2.05, 4.69) is 20.6 Å². The topological polar surface area (TPSA) is 133 Å². The largest absolute Gasteiger partial charge is 0.480 e. The highest BCUT2D eigenvalue weighted by Gasteiger charge is 2.27. The number of nitrogens with zero attached hydrogens (tertiary/aromatic N) is 1. The number of hydrogen-bond donors (Lipinski definition) is 4. The Hall–Kier alpha value is -4.14. The van der Waals surface area contributed by atoms with E-state index in [9.17, 15) is 19.5 Å². The second-order valence-corrected chi connectivity index (χ2v) is 7.13. The summed E-state index contributed by atoms with van der Waals surface area (Å²) in [5.41, 5.74) is 2.17. The van der Waals surface area contributed by atoms with Crippen LogP contribution in [0.3, 0.4) is 0 Å². The smallest absolute Gasteiger partial charge is 0.408 e. The number of amides is 2. The van der Waals surface area contributed by atoms with Gasteiger partial charge in [-0.25, -0.2) is 14.6 Å². The molecule has 9 nitrogen and oxygen atoms in total. The van der Waals surface area contributed by atoms with Crippen molar-refractivity contribution in [3.8, 4) is 0 Å². The number of rotatable bonds is 10. The molecule has 166 valence electrons. The van der Waals surface area contributed by atoms with Crippen LogP contribution in [0.5, 0.6) is 0 Å². The molecule has 0 spiro atoms. The molecule has 2 atom stereocenters. The number of carbonyl (C=O) groups excluding carboxylic acids is 2. The highest BCUT2D eigenvalue weighted by molar-refractivity contribution is 5.89. The van der Waals surface area contributed by atoms with E-state index >= 15 is 0 Å². The number of imidazole rings is 1. The molecule has 0 saturated heterocycles. The lowest BCUT2D eigenvalue weighted by Gasteiger charge is -2.21. The molecular formula is C23H24N4O5. The van der Waals surface area contributed by atoms with Crippen molar-refractivity contribution < 1.29 is 24.2 Å². The van der Waals surface area contributed by atoms with Crippen LogP contribution < -0.4 is 10.6 Å². The summed E-state index contributed by atoms with van der Waals surface area (Å²) in [5, 5.41) is 14.6. The van der Waals surface area contributed by atoms with Gasteiger partial charge in [-0.2, -0.15) is 0 Å². The molecule has 32 heavy (non-hydrogen) atoms. The fraction of sp³-hybridized carbons (Fsp3) is 0.217. The monoisotopic (exact) mass is 436 g/mol. The fourth-order valence-corrected chi connectivity index (χ4v) is 3.05. The van der Waals surface area contributed by atoms with E-state index in [0.717, 1.165) is 11.1 Å². The Morgan fingerprint density at radius 1 is 0.906 bits per heavy atom. The lowest BCUT2D eigenvalue weighted by atomic mass is 10.0. The molecule has 0 bridgehead atoms. The van der Waals surface area contributed by atoms with Crippen molar-refractivity contribution in [3.63, 3.8) is 0 Å². The molecule has 2 aromatic carbocycles. The number of ether oxygens (including phenoxy) is 1. The molecule has 3 rings (SSSR count). The first-order chi connectivity index (χ1) is 15.5. The van der Waals surface area contributed by atoms with Crippen LogP contribution >= 0.6 is 0 Å². The number of benzene rings is 2. The molecule has 9 heteroatoms. The van der Waals surface area contributed by atoms with Crippen LogP contribution in [0, 0.1) is 0 Å². The molecule has 4 N–H and O–H groups in total. The average Bonchev–Trinajstić information content (AvgIpc) is 3.31. The van der Waals surface area contributed by atoms with Crippen molar-refractivity contribution in [2.45, 2.75) is 31.5 Å². The molecule has 0 saturated carbocycles. The first-order valence-corrected chi connectivity index (χ1v) is 10.0. The zero-order valence-corrected chi connectivity index (χ0v) is 17.2. The van der Waals surface area contributed by atoms with E-state index in [1.165, 1.54) is 12.5 Å². The Labute approximate surface area is 184 Å². The number of H-pyrrole nitrogens is 1. The minimum atomic E-state index is -1.20. The normalized spacial score (nSPS) is 12.4. The Morgan fingerprint density at radius 3 is 2.16 bits per heavy atom. The van der Waals surface area contributed by atoms with Crippen LogP contribution in [-0.2, 0) is 33.8 Å². The molecular weight excluding hydrogens is 412 g/mol. The van der Waals surface area contributed by atoms with E-state index in [0.29, 0.717) is 5.69 Å². The van der Waals surface area contributed by atoms with Gasteiger partial charge in [0.2, 0.25) is 5.91 Å². The molecule has 3 aromatic rings. The number of aliphatic carboxylic acids is 1. The summed E-state index contributed by atoms with van der Waals surface area (Å²) >= 11 is 0. The minimum absolute atomic E-state index is 0.0254. The summed E-state index contributed by atoms with van der Waals surface area (Å²) in [6.07, 6.45) is 2.34. The second kappa shape index (κ2) is 11.3. The van der Waals surface area contributed by atoms with Crippen LogP contribution in [0.25, 0.3) is 0 Å². The van der Waals surface area contributed by atoms with Crippen molar-refractivity contribution >= 4 is 18.0 Å². The summed E-state index contributed by atoms with van der Waals surface area (Å²) in [7, 11) is 0. The van der Waals surface area contributed by atoms with E-state index < -0.39 is 30.1 Å². The first kappa shape index (κ1) is 22.5. The summed E-state index contributed by atoms with van der Waals surface area (Å²) in [4.78, 5) is 43.6. The van der Waals surface area contributed by atoms with Crippen LogP contribution in [0.15, 0.2) is 73.2 Å². The third kappa shape index (κ3) is 6.98. The molecule has 2 amide bonds. The molecule has 1 heterocycles. The third-order valence-electron chi connectivity index (χ3n) is 4.70. The summed E-state index contributed by atoms with van der Waals surface area (Å²) < 4.78 is 5.22. The molecule has 0 fully saturated rings. The summed E-state index contributed by atoms with van der Waals surface area (Å²) in [6, 6.07) is 16.0. The van der Waals surface area contributed by atoms with Gasteiger partial charge in [0.15, 0.2) is 0 Å². The predicted molar refractivity (Wildman–Crippen MR) is 116 cm³/mol. The van der Waals surface area contributed by atoms with Gasteiger partial charge in [-0.3, -0.25) is 4.79 Å². The van der Waals surface area contributed by atoms with Crippen molar-refractivity contribution in [1.82, 2.24) is 20.6 Å². The van der Waals surface area contributed by atoms with Gasteiger partial charge in [0.1, 0.15) is 18.7 Å². The highest BCUT2D eigenvalue weighted by Crippen LogP contribution is 2.07. The van der Waals surface area contributed by atoms with Gasteiger partial charge in [-0.1, -0.05) is 60.7 Å². The van der Waals surface area contributed by atoms with Crippen molar-refractivity contribution in [2.24, 2.45) is 0 Å². The minimum Gasteiger partial charge on any atom is -0.480 e. The molecule has 0 aliphatic heterocycles. The number of hydrogen-bond acceptors (Lipinski definition) is 5. The zero-order chi connectivity index (χ0) is 22.8. The highest BCUT2D eigenvalue weighted by atomic mass is 16.5. The Kier molecular flexibility index (Phi) is 7.96. The van der Waals surface area contributed by atoms with E-state index in [-0.39, 0.29) is 19.4 Å². The van der Waals surface area contributed by atoms with Crippen LogP contribution in [0.2, 0.25) is 0 Å². The van der Waals surface area contributed by atoms with Crippen molar-refractivity contribution in [1.29, 1.82) is 0 Å². The van der Waals surface area contributed by atoms with Crippen molar-refractivity contribution in [3.05, 3.63) is 90.0 Å². The van der Waals surface area contributed by atoms with Crippen LogP contribution in [0.4, 0.5) is 4.79 Å². The first-order valence-electron chi connectivity index (χ1n) is 10.0. The lowest BCUT2D eigenvalue weighted by Crippen LogP contribution is -2.53. The van der Waals surface area contributed by atoms with Gasteiger partial charge >= 0.3 is 12.1 Å². The average molecular weight is 436 g/mol. The van der Waals surface area contributed by atoms with Gasteiger partial charge in [0.25, 0.3) is 0 Å². The van der Waals surface area contributed by atoms with Gasteiger partial charge in [-0.05, 0) is 11.1 Å². The van der Waals surface area contributed by atoms with Crippen LogP contribution in [-0.4, -0.2) is 45.1 Å². The van der Waals surface area contributed by atoms with E-state index in [1.54, 1.807) is 0 Å². The number of carboxylic acid groups (broad SMARTS) is 1. The molecule has 0 radical (unpaired) electrons. The van der Waals surface area contributed by atoms with Gasteiger partial charge in [0.05, 0.1) is 6.33 Å². The van der Waals surface area contributed by atoms with E-state index in [1.807, 2.05) is 60.7 Å².